The Labute approximate surface area is 155 Å². The van der Waals surface area contributed by atoms with Gasteiger partial charge in [-0.15, -0.1) is 0 Å². The van der Waals surface area contributed by atoms with Crippen molar-refractivity contribution in [2.75, 3.05) is 0 Å². The van der Waals surface area contributed by atoms with E-state index in [1.165, 1.54) is 15.0 Å². The van der Waals surface area contributed by atoms with E-state index < -0.39 is 18.5 Å². The average Bonchev–Trinajstić information content (AvgIpc) is 3.10. The summed E-state index contributed by atoms with van der Waals surface area (Å²) in [6, 6.07) is 11.6. The topological polar surface area (TPSA) is 42.5 Å². The second kappa shape index (κ2) is 5.90. The number of fused-ring (bicyclic) bond motifs is 3. The van der Waals surface area contributed by atoms with Crippen LogP contribution in [0.25, 0.3) is 22.5 Å². The van der Waals surface area contributed by atoms with Gasteiger partial charge >= 0.3 is 6.18 Å². The molecule has 1 N–H and O–H groups in total. The molecule has 0 bridgehead atoms. The summed E-state index contributed by atoms with van der Waals surface area (Å²) in [4.78, 5) is 3.78. The maximum atomic E-state index is 13.4. The Kier molecular flexibility index (Phi) is 3.91. The zero-order chi connectivity index (χ0) is 18.6. The van der Waals surface area contributed by atoms with Gasteiger partial charge in [0.2, 0.25) is 5.78 Å². The van der Waals surface area contributed by atoms with Crippen LogP contribution in [0.15, 0.2) is 42.5 Å². The molecule has 0 saturated heterocycles. The van der Waals surface area contributed by atoms with E-state index in [1.54, 1.807) is 36.4 Å². The molecular weight excluding hydrogens is 390 g/mol. The van der Waals surface area contributed by atoms with Gasteiger partial charge in [0.05, 0.1) is 34.0 Å². The number of aliphatic hydroxyl groups is 1. The number of imidazole rings is 2. The smallest absolute Gasteiger partial charge is 0.390 e. The minimum absolute atomic E-state index is 0.00629. The molecule has 2 aromatic heterocycles. The number of hydrogen-bond acceptors (Lipinski definition) is 2. The van der Waals surface area contributed by atoms with Crippen molar-refractivity contribution in [3.63, 3.8) is 0 Å². The van der Waals surface area contributed by atoms with Crippen LogP contribution in [0.3, 0.4) is 0 Å². The van der Waals surface area contributed by atoms with Crippen LogP contribution >= 0.6 is 23.2 Å². The summed E-state index contributed by atoms with van der Waals surface area (Å²) >= 11 is 12.2. The molecule has 0 radical (unpaired) electrons. The molecule has 0 amide bonds. The van der Waals surface area contributed by atoms with Crippen LogP contribution in [-0.2, 0) is 12.8 Å². The van der Waals surface area contributed by atoms with Gasteiger partial charge in [-0.05, 0) is 30.3 Å². The molecule has 2 heterocycles. The van der Waals surface area contributed by atoms with E-state index in [0.717, 1.165) is 0 Å². The van der Waals surface area contributed by atoms with Crippen molar-refractivity contribution in [1.82, 2.24) is 14.0 Å². The van der Waals surface area contributed by atoms with E-state index in [2.05, 4.69) is 4.98 Å². The van der Waals surface area contributed by atoms with Crippen molar-refractivity contribution in [2.24, 2.45) is 0 Å². The molecule has 4 rings (SSSR count). The monoisotopic (exact) mass is 399 g/mol. The minimum Gasteiger partial charge on any atom is -0.390 e. The normalized spacial score (nSPS) is 12.4. The maximum absolute atomic E-state index is 13.4. The van der Waals surface area contributed by atoms with E-state index in [0.29, 0.717) is 21.7 Å². The molecule has 0 aliphatic rings. The lowest BCUT2D eigenvalue weighted by molar-refractivity contribution is -0.142. The molecule has 0 spiro atoms. The molecule has 0 aliphatic heterocycles. The van der Waals surface area contributed by atoms with Crippen LogP contribution in [0.5, 0.6) is 0 Å². The first-order chi connectivity index (χ1) is 12.3. The molecule has 4 aromatic rings. The number of nitrogens with zero attached hydrogens (tertiary/aromatic N) is 3. The van der Waals surface area contributed by atoms with Gasteiger partial charge in [-0.25, -0.2) is 4.98 Å². The first-order valence-electron chi connectivity index (χ1n) is 7.47. The van der Waals surface area contributed by atoms with Gasteiger partial charge in [-0.3, -0.25) is 8.97 Å². The highest BCUT2D eigenvalue weighted by atomic mass is 35.5. The van der Waals surface area contributed by atoms with Gasteiger partial charge < -0.3 is 5.11 Å². The van der Waals surface area contributed by atoms with Crippen molar-refractivity contribution in [3.8, 4) is 5.69 Å². The largest absolute Gasteiger partial charge is 0.435 e. The van der Waals surface area contributed by atoms with E-state index >= 15 is 0 Å². The number of alkyl halides is 3. The Balaban J connectivity index is 2.19. The highest BCUT2D eigenvalue weighted by Gasteiger charge is 2.39. The number of benzene rings is 2. The van der Waals surface area contributed by atoms with Crippen molar-refractivity contribution >= 4 is 40.0 Å². The predicted molar refractivity (Wildman–Crippen MR) is 93.0 cm³/mol. The van der Waals surface area contributed by atoms with Gasteiger partial charge in [0, 0.05) is 5.02 Å². The van der Waals surface area contributed by atoms with Crippen LogP contribution in [0.4, 0.5) is 13.2 Å². The lowest BCUT2D eigenvalue weighted by atomic mass is 10.2. The Morgan fingerprint density at radius 3 is 2.35 bits per heavy atom. The third-order valence-electron chi connectivity index (χ3n) is 4.09. The summed E-state index contributed by atoms with van der Waals surface area (Å²) in [5.74, 6) is 0.00629. The molecule has 26 heavy (non-hydrogen) atoms. The van der Waals surface area contributed by atoms with Crippen LogP contribution in [0.1, 0.15) is 11.4 Å². The number of rotatable bonds is 2. The van der Waals surface area contributed by atoms with Gasteiger partial charge in [-0.2, -0.15) is 13.2 Å². The fraction of sp³-hybridized carbons (Fsp3) is 0.118. The third kappa shape index (κ3) is 2.46. The van der Waals surface area contributed by atoms with Gasteiger partial charge in [0.1, 0.15) is 0 Å². The Morgan fingerprint density at radius 1 is 1.04 bits per heavy atom. The summed E-state index contributed by atoms with van der Waals surface area (Å²) < 4.78 is 42.9. The predicted octanol–water partition coefficient (Wildman–Crippen LogP) is 5.10. The zero-order valence-electron chi connectivity index (χ0n) is 12.9. The molecule has 0 atom stereocenters. The Bertz CT molecular complexity index is 1150. The van der Waals surface area contributed by atoms with E-state index in [1.807, 2.05) is 0 Å². The molecule has 2 aromatic carbocycles. The quantitative estimate of drug-likeness (QED) is 0.509. The van der Waals surface area contributed by atoms with Crippen molar-refractivity contribution in [2.45, 2.75) is 12.8 Å². The van der Waals surface area contributed by atoms with Crippen LogP contribution in [-0.4, -0.2) is 19.1 Å². The molecular formula is C17H10Cl2F3N3O. The minimum atomic E-state index is -4.69. The molecule has 9 heteroatoms. The number of hydrogen-bond donors (Lipinski definition) is 1. The first-order valence-corrected chi connectivity index (χ1v) is 8.22. The molecule has 0 fully saturated rings. The van der Waals surface area contributed by atoms with Crippen molar-refractivity contribution in [1.29, 1.82) is 0 Å². The lowest BCUT2D eigenvalue weighted by Crippen LogP contribution is -2.10. The second-order valence-corrected chi connectivity index (χ2v) is 6.46. The van der Waals surface area contributed by atoms with Crippen molar-refractivity contribution in [3.05, 3.63) is 63.9 Å². The summed E-state index contributed by atoms with van der Waals surface area (Å²) in [6.45, 7) is -0.807. The Morgan fingerprint density at radius 2 is 1.73 bits per heavy atom. The first kappa shape index (κ1) is 17.2. The molecule has 0 saturated carbocycles. The molecule has 4 nitrogen and oxygen atoms in total. The number of halogens is 5. The van der Waals surface area contributed by atoms with E-state index in [4.69, 9.17) is 23.2 Å². The third-order valence-corrected chi connectivity index (χ3v) is 4.63. The summed E-state index contributed by atoms with van der Waals surface area (Å²) in [5, 5.41) is 10.3. The molecule has 0 unspecified atom stereocenters. The SMILES string of the molecule is OCc1c(C(F)(F)F)nc2n(-c3ccc(Cl)cc3Cl)c3ccccc3n12. The highest BCUT2D eigenvalue weighted by molar-refractivity contribution is 6.35. The maximum Gasteiger partial charge on any atom is 0.435 e. The van der Waals surface area contributed by atoms with E-state index in [9.17, 15) is 18.3 Å². The van der Waals surface area contributed by atoms with Crippen LogP contribution < -0.4 is 0 Å². The standard InChI is InChI=1S/C17H10Cl2F3N3O/c18-9-5-6-11(10(19)7-9)24-12-3-1-2-4-13(12)25-14(8-26)15(17(20,21)22)23-16(24)25/h1-7,26H,8H2. The van der Waals surface area contributed by atoms with E-state index in [-0.39, 0.29) is 16.5 Å². The second-order valence-electron chi connectivity index (χ2n) is 5.62. The molecule has 0 aliphatic carbocycles. The number of aliphatic hydroxyl groups excluding tert-OH is 1. The fourth-order valence-corrected chi connectivity index (χ4v) is 3.56. The van der Waals surface area contributed by atoms with Crippen molar-refractivity contribution < 1.29 is 18.3 Å². The zero-order valence-corrected chi connectivity index (χ0v) is 14.4. The number of aromatic nitrogens is 3. The summed E-state index contributed by atoms with van der Waals surface area (Å²) in [6.07, 6.45) is -4.69. The summed E-state index contributed by atoms with van der Waals surface area (Å²) in [7, 11) is 0. The van der Waals surface area contributed by atoms with Crippen LogP contribution in [0, 0.1) is 0 Å². The van der Waals surface area contributed by atoms with Gasteiger partial charge in [0.25, 0.3) is 0 Å². The Hall–Kier alpha value is -2.22. The van der Waals surface area contributed by atoms with Gasteiger partial charge in [-0.1, -0.05) is 35.3 Å². The van der Waals surface area contributed by atoms with Crippen LogP contribution in [0.2, 0.25) is 10.0 Å². The average molecular weight is 400 g/mol. The summed E-state index contributed by atoms with van der Waals surface area (Å²) in [5.41, 5.74) is 0.0563. The lowest BCUT2D eigenvalue weighted by Gasteiger charge is -2.08. The van der Waals surface area contributed by atoms with Gasteiger partial charge in [0.15, 0.2) is 5.69 Å². The number of para-hydroxylation sites is 2. The molecule has 134 valence electrons. The fourth-order valence-electron chi connectivity index (χ4n) is 3.07. The highest BCUT2D eigenvalue weighted by Crippen LogP contribution is 2.37.